The summed E-state index contributed by atoms with van der Waals surface area (Å²) in [4.78, 5) is 12.8. The molecule has 0 bridgehead atoms. The van der Waals surface area contributed by atoms with Crippen molar-refractivity contribution in [2.75, 3.05) is 63.4 Å². The molecule has 0 amide bonds. The number of hydrogen-bond acceptors (Lipinski definition) is 10. The highest BCUT2D eigenvalue weighted by molar-refractivity contribution is 5.54. The molecule has 0 N–H and O–H groups in total. The maximum absolute atomic E-state index is 5.39. The van der Waals surface area contributed by atoms with E-state index in [9.17, 15) is 0 Å². The van der Waals surface area contributed by atoms with Crippen LogP contribution in [0.2, 0.25) is 0 Å². The number of rotatable bonds is 13. The van der Waals surface area contributed by atoms with Crippen molar-refractivity contribution in [1.82, 2.24) is 30.4 Å². The largest absolute Gasteiger partial charge is 0.376 e. The van der Waals surface area contributed by atoms with Gasteiger partial charge in [-0.2, -0.15) is 10.2 Å². The summed E-state index contributed by atoms with van der Waals surface area (Å²) in [6.07, 6.45) is 6.51. The zero-order valence-electron chi connectivity index (χ0n) is 16.4. The second-order valence-electron chi connectivity index (χ2n) is 5.85. The molecule has 0 unspecified atom stereocenters. The number of nitrogens with zero attached hydrogens (tertiary/aromatic N) is 8. The highest BCUT2D eigenvalue weighted by atomic mass is 16.5. The van der Waals surface area contributed by atoms with Crippen LogP contribution in [0.4, 0.5) is 11.9 Å². The molecule has 10 heteroatoms. The van der Waals surface area contributed by atoms with Crippen molar-refractivity contribution >= 4 is 11.9 Å². The number of aromatic nitrogens is 6. The van der Waals surface area contributed by atoms with E-state index in [0.717, 1.165) is 0 Å². The molecule has 0 spiro atoms. The van der Waals surface area contributed by atoms with Crippen LogP contribution in [0.5, 0.6) is 0 Å². The molecule has 0 aromatic carbocycles. The second kappa shape index (κ2) is 11.7. The Morgan fingerprint density at radius 1 is 0.821 bits per heavy atom. The first-order chi connectivity index (χ1) is 13.7. The maximum atomic E-state index is 5.39. The van der Waals surface area contributed by atoms with E-state index in [1.807, 2.05) is 23.9 Å². The fourth-order valence-corrected chi connectivity index (χ4v) is 2.09. The quantitative estimate of drug-likeness (QED) is 0.366. The number of ether oxygens (including phenoxy) is 2. The van der Waals surface area contributed by atoms with Gasteiger partial charge in [-0.1, -0.05) is 12.2 Å². The number of anilines is 2. The van der Waals surface area contributed by atoms with E-state index in [2.05, 4.69) is 43.5 Å². The summed E-state index contributed by atoms with van der Waals surface area (Å²) in [5.41, 5.74) is 1.13. The summed E-state index contributed by atoms with van der Waals surface area (Å²) in [5, 5.41) is 16.2. The van der Waals surface area contributed by atoms with Crippen molar-refractivity contribution < 1.29 is 9.47 Å². The lowest BCUT2D eigenvalue weighted by Crippen LogP contribution is -2.25. The molecule has 0 saturated carbocycles. The standard InChI is InChI=1S/C18H26N8O2/c1-5-9-27-11-7-25(3)17-21-15(13-19-23-17)16-14-20-24-18(22-16)26(4)8-12-28-10-6-2/h5-6,13-14H,1-2,7-12H2,3-4H3. The van der Waals surface area contributed by atoms with Crippen LogP contribution in [0.3, 0.4) is 0 Å². The smallest absolute Gasteiger partial charge is 0.245 e. The second-order valence-corrected chi connectivity index (χ2v) is 5.85. The normalized spacial score (nSPS) is 10.5. The Labute approximate surface area is 164 Å². The van der Waals surface area contributed by atoms with Crippen molar-refractivity contribution in [3.63, 3.8) is 0 Å². The fourth-order valence-electron chi connectivity index (χ4n) is 2.09. The van der Waals surface area contributed by atoms with E-state index in [0.29, 0.717) is 62.8 Å². The monoisotopic (exact) mass is 386 g/mol. The van der Waals surface area contributed by atoms with E-state index in [4.69, 9.17) is 9.47 Å². The van der Waals surface area contributed by atoms with E-state index >= 15 is 0 Å². The predicted molar refractivity (Wildman–Crippen MR) is 107 cm³/mol. The third-order valence-electron chi connectivity index (χ3n) is 3.65. The van der Waals surface area contributed by atoms with Gasteiger partial charge >= 0.3 is 0 Å². The van der Waals surface area contributed by atoms with Gasteiger partial charge in [0.05, 0.1) is 38.8 Å². The fraction of sp³-hybridized carbons (Fsp3) is 0.444. The summed E-state index contributed by atoms with van der Waals surface area (Å²) in [6.45, 7) is 10.6. The maximum Gasteiger partial charge on any atom is 0.245 e. The Morgan fingerprint density at radius 2 is 1.25 bits per heavy atom. The van der Waals surface area contributed by atoms with Gasteiger partial charge in [-0.15, -0.1) is 23.4 Å². The highest BCUT2D eigenvalue weighted by Crippen LogP contribution is 2.16. The van der Waals surface area contributed by atoms with Crippen LogP contribution in [-0.2, 0) is 9.47 Å². The Kier molecular flexibility index (Phi) is 8.89. The summed E-state index contributed by atoms with van der Waals surface area (Å²) >= 11 is 0. The molecule has 2 rings (SSSR count). The molecular weight excluding hydrogens is 360 g/mol. The van der Waals surface area contributed by atoms with Gasteiger partial charge < -0.3 is 19.3 Å². The Bertz CT molecular complexity index is 694. The summed E-state index contributed by atoms with van der Waals surface area (Å²) in [5.74, 6) is 0.956. The van der Waals surface area contributed by atoms with Crippen LogP contribution in [0.15, 0.2) is 37.7 Å². The molecule has 0 aliphatic carbocycles. The summed E-state index contributed by atoms with van der Waals surface area (Å²) in [6, 6.07) is 0. The van der Waals surface area contributed by atoms with Crippen molar-refractivity contribution in [3.8, 4) is 11.4 Å². The molecule has 2 aromatic rings. The molecule has 0 radical (unpaired) electrons. The number of likely N-dealkylation sites (N-methyl/N-ethyl adjacent to an activating group) is 2. The van der Waals surface area contributed by atoms with E-state index in [1.54, 1.807) is 24.5 Å². The van der Waals surface area contributed by atoms with Crippen molar-refractivity contribution in [2.45, 2.75) is 0 Å². The summed E-state index contributed by atoms with van der Waals surface area (Å²) in [7, 11) is 3.75. The van der Waals surface area contributed by atoms with E-state index in [1.165, 1.54) is 0 Å². The average Bonchev–Trinajstić information content (AvgIpc) is 2.74. The van der Waals surface area contributed by atoms with Gasteiger partial charge in [-0.05, 0) is 0 Å². The van der Waals surface area contributed by atoms with Crippen molar-refractivity contribution in [1.29, 1.82) is 0 Å². The van der Waals surface area contributed by atoms with Gasteiger partial charge in [-0.3, -0.25) is 0 Å². The Balaban J connectivity index is 2.04. The zero-order valence-corrected chi connectivity index (χ0v) is 16.4. The van der Waals surface area contributed by atoms with Gasteiger partial charge in [0.15, 0.2) is 0 Å². The lowest BCUT2D eigenvalue weighted by atomic mass is 10.3. The van der Waals surface area contributed by atoms with Crippen LogP contribution in [-0.4, -0.2) is 84.0 Å². The van der Waals surface area contributed by atoms with Crippen LogP contribution in [0, 0.1) is 0 Å². The minimum Gasteiger partial charge on any atom is -0.376 e. The Morgan fingerprint density at radius 3 is 1.64 bits per heavy atom. The van der Waals surface area contributed by atoms with Crippen LogP contribution < -0.4 is 9.80 Å². The molecule has 10 nitrogen and oxygen atoms in total. The third-order valence-corrected chi connectivity index (χ3v) is 3.65. The topological polar surface area (TPSA) is 102 Å². The number of hydrogen-bond donors (Lipinski definition) is 0. The molecule has 0 aliphatic rings. The molecule has 28 heavy (non-hydrogen) atoms. The van der Waals surface area contributed by atoms with Crippen LogP contribution in [0.1, 0.15) is 0 Å². The lowest BCUT2D eigenvalue weighted by molar-refractivity contribution is 0.169. The molecule has 2 aromatic heterocycles. The van der Waals surface area contributed by atoms with Crippen molar-refractivity contribution in [3.05, 3.63) is 37.7 Å². The van der Waals surface area contributed by atoms with Crippen LogP contribution >= 0.6 is 0 Å². The molecule has 2 heterocycles. The lowest BCUT2D eigenvalue weighted by Gasteiger charge is -2.17. The molecule has 0 saturated heterocycles. The SMILES string of the molecule is C=CCOCCN(C)c1nncc(-c2cnnc(N(C)CCOCC=C)n2)n1. The van der Waals surface area contributed by atoms with Crippen LogP contribution in [0.25, 0.3) is 11.4 Å². The first-order valence-corrected chi connectivity index (χ1v) is 8.85. The van der Waals surface area contributed by atoms with Gasteiger partial charge in [-0.25, -0.2) is 9.97 Å². The predicted octanol–water partition coefficient (Wildman–Crippen LogP) is 1.00. The van der Waals surface area contributed by atoms with E-state index in [-0.39, 0.29) is 0 Å². The molecule has 150 valence electrons. The molecule has 0 aliphatic heterocycles. The summed E-state index contributed by atoms with van der Waals surface area (Å²) < 4.78 is 10.8. The third kappa shape index (κ3) is 6.63. The molecule has 0 atom stereocenters. The minimum absolute atomic E-state index is 0.478. The van der Waals surface area contributed by atoms with E-state index < -0.39 is 0 Å². The average molecular weight is 386 g/mol. The Hall–Kier alpha value is -2.98. The first-order valence-electron chi connectivity index (χ1n) is 8.85. The highest BCUT2D eigenvalue weighted by Gasteiger charge is 2.12. The minimum atomic E-state index is 0.478. The van der Waals surface area contributed by atoms with Gasteiger partial charge in [0.1, 0.15) is 11.4 Å². The molecular formula is C18H26N8O2. The van der Waals surface area contributed by atoms with Gasteiger partial charge in [0, 0.05) is 27.2 Å². The van der Waals surface area contributed by atoms with Gasteiger partial charge in [0.25, 0.3) is 0 Å². The van der Waals surface area contributed by atoms with Gasteiger partial charge in [0.2, 0.25) is 11.9 Å². The first kappa shape index (κ1) is 21.3. The molecule has 0 fully saturated rings. The zero-order chi connectivity index (χ0) is 20.2. The van der Waals surface area contributed by atoms with Crippen molar-refractivity contribution in [2.24, 2.45) is 0 Å².